The molecule has 33 heavy (non-hydrogen) atoms. The van der Waals surface area contributed by atoms with Crippen LogP contribution in [-0.4, -0.2) is 39.5 Å². The number of aromatic nitrogens is 1. The van der Waals surface area contributed by atoms with E-state index in [1.165, 1.54) is 23.2 Å². The van der Waals surface area contributed by atoms with Crippen LogP contribution in [0.25, 0.3) is 5.76 Å². The van der Waals surface area contributed by atoms with Gasteiger partial charge in [-0.1, -0.05) is 36.4 Å². The number of rotatable bonds is 6. The van der Waals surface area contributed by atoms with Crippen LogP contribution in [0.3, 0.4) is 0 Å². The van der Waals surface area contributed by atoms with Crippen LogP contribution < -0.4 is 9.64 Å². The fourth-order valence-corrected chi connectivity index (χ4v) is 3.55. The van der Waals surface area contributed by atoms with Gasteiger partial charge in [-0.2, -0.15) is 0 Å². The molecule has 0 bridgehead atoms. The number of amides is 1. The molecule has 1 aliphatic heterocycles. The molecule has 1 amide bonds. The van der Waals surface area contributed by atoms with Crippen LogP contribution in [0.2, 0.25) is 0 Å². The van der Waals surface area contributed by atoms with Gasteiger partial charge in [0.2, 0.25) is 0 Å². The number of carbonyl (C=O) groups excluding carboxylic acids is 2. The van der Waals surface area contributed by atoms with Gasteiger partial charge in [0.15, 0.2) is 6.61 Å². The van der Waals surface area contributed by atoms with Crippen LogP contribution in [0, 0.1) is 0 Å². The van der Waals surface area contributed by atoms with E-state index in [9.17, 15) is 19.5 Å². The number of aliphatic hydroxyl groups excluding tert-OH is 1. The minimum absolute atomic E-state index is 0. The summed E-state index contributed by atoms with van der Waals surface area (Å²) < 4.78 is 5.13. The maximum atomic E-state index is 13.0. The molecule has 1 saturated heterocycles. The molecule has 3 aromatic rings. The molecular weight excluding hydrogens is 448 g/mol. The zero-order valence-corrected chi connectivity index (χ0v) is 17.9. The van der Waals surface area contributed by atoms with Crippen LogP contribution in [-0.2, 0) is 14.4 Å². The number of aliphatic hydroxyl groups is 1. The van der Waals surface area contributed by atoms with Gasteiger partial charge < -0.3 is 14.9 Å². The fraction of sp³-hybridized carbons (Fsp3) is 0.0833. The summed E-state index contributed by atoms with van der Waals surface area (Å²) in [6, 6.07) is 17.2. The first-order valence-electron chi connectivity index (χ1n) is 9.68. The normalized spacial score (nSPS) is 16.8. The number of anilines is 1. The Labute approximate surface area is 195 Å². The molecule has 1 atom stereocenters. The first-order valence-corrected chi connectivity index (χ1v) is 9.68. The third kappa shape index (κ3) is 4.70. The number of Topliss-reactive ketones (excluding diaryl/α,β-unsaturated/α-hetero) is 1. The summed E-state index contributed by atoms with van der Waals surface area (Å²) in [6.45, 7) is -0.503. The lowest BCUT2D eigenvalue weighted by molar-refractivity contribution is -0.139. The monoisotopic (exact) mass is 466 g/mol. The second-order valence-electron chi connectivity index (χ2n) is 7.00. The number of ketones is 1. The van der Waals surface area contributed by atoms with Crippen molar-refractivity contribution in [2.75, 3.05) is 11.5 Å². The fourth-order valence-electron chi connectivity index (χ4n) is 3.55. The Hall–Kier alpha value is -4.17. The van der Waals surface area contributed by atoms with Crippen molar-refractivity contribution in [3.05, 3.63) is 95.8 Å². The van der Waals surface area contributed by atoms with E-state index in [2.05, 4.69) is 4.98 Å². The highest BCUT2D eigenvalue weighted by Gasteiger charge is 2.47. The summed E-state index contributed by atoms with van der Waals surface area (Å²) in [7, 11) is 0. The lowest BCUT2D eigenvalue weighted by Crippen LogP contribution is -2.29. The average molecular weight is 467 g/mol. The van der Waals surface area contributed by atoms with E-state index in [-0.39, 0.29) is 23.7 Å². The number of pyridine rings is 1. The molecule has 1 aliphatic rings. The number of nitrogens with zero attached hydrogens (tertiary/aromatic N) is 2. The molecule has 0 spiro atoms. The highest BCUT2D eigenvalue weighted by atomic mass is 35.5. The summed E-state index contributed by atoms with van der Waals surface area (Å²) in [5.74, 6) is -2.70. The Kier molecular flexibility index (Phi) is 7.10. The summed E-state index contributed by atoms with van der Waals surface area (Å²) in [6.07, 6.45) is 3.10. The van der Waals surface area contributed by atoms with E-state index in [0.717, 1.165) is 0 Å². The molecule has 9 heteroatoms. The van der Waals surface area contributed by atoms with Crippen molar-refractivity contribution < 1.29 is 29.3 Å². The second kappa shape index (κ2) is 9.97. The number of hydrogen-bond acceptors (Lipinski definition) is 6. The third-order valence-electron chi connectivity index (χ3n) is 4.97. The smallest absolute Gasteiger partial charge is 0.341 e. The summed E-state index contributed by atoms with van der Waals surface area (Å²) in [5.41, 5.74) is 1.31. The Bertz CT molecular complexity index is 1200. The third-order valence-corrected chi connectivity index (χ3v) is 4.97. The number of carboxylic acids is 1. The molecular formula is C24H19ClN2O6. The highest BCUT2D eigenvalue weighted by Crippen LogP contribution is 2.42. The van der Waals surface area contributed by atoms with E-state index in [0.29, 0.717) is 22.6 Å². The van der Waals surface area contributed by atoms with Gasteiger partial charge in [0.1, 0.15) is 11.5 Å². The largest absolute Gasteiger partial charge is 0.507 e. The lowest BCUT2D eigenvalue weighted by atomic mass is 9.96. The maximum Gasteiger partial charge on any atom is 0.341 e. The number of carbonyl (C=O) groups is 3. The minimum atomic E-state index is -1.11. The molecule has 2 N–H and O–H groups in total. The van der Waals surface area contributed by atoms with Gasteiger partial charge in [0.25, 0.3) is 11.7 Å². The van der Waals surface area contributed by atoms with Gasteiger partial charge in [-0.3, -0.25) is 19.5 Å². The van der Waals surface area contributed by atoms with Gasteiger partial charge in [-0.25, -0.2) is 4.79 Å². The van der Waals surface area contributed by atoms with E-state index in [1.54, 1.807) is 60.8 Å². The molecule has 1 fully saturated rings. The Morgan fingerprint density at radius 2 is 1.67 bits per heavy atom. The number of hydrogen-bond donors (Lipinski definition) is 2. The standard InChI is InChI=1S/C24H18N2O6.ClH/c27-19(28)14-32-18-10-8-17(9-11-18)26-21(16-7-4-12-25-13-16)20(23(30)24(26)31)22(29)15-5-2-1-3-6-15;/h1-13,21,29H,14H2,(H,27,28);1H. The lowest BCUT2D eigenvalue weighted by Gasteiger charge is -2.25. The quantitative estimate of drug-likeness (QED) is 0.324. The highest BCUT2D eigenvalue weighted by molar-refractivity contribution is 6.51. The molecule has 4 rings (SSSR count). The number of carboxylic acid groups (broad SMARTS) is 1. The van der Waals surface area contributed by atoms with Crippen LogP contribution in [0.5, 0.6) is 5.75 Å². The van der Waals surface area contributed by atoms with Gasteiger partial charge in [0.05, 0.1) is 11.6 Å². The Morgan fingerprint density at radius 1 is 0.970 bits per heavy atom. The van der Waals surface area contributed by atoms with Crippen LogP contribution >= 0.6 is 12.4 Å². The molecule has 1 unspecified atom stereocenters. The Morgan fingerprint density at radius 3 is 2.27 bits per heavy atom. The zero-order chi connectivity index (χ0) is 22.7. The average Bonchev–Trinajstić information content (AvgIpc) is 3.09. The molecule has 2 aromatic carbocycles. The minimum Gasteiger partial charge on any atom is -0.507 e. The van der Waals surface area contributed by atoms with Crippen molar-refractivity contribution >= 4 is 41.5 Å². The van der Waals surface area contributed by atoms with E-state index in [4.69, 9.17) is 9.84 Å². The van der Waals surface area contributed by atoms with E-state index < -0.39 is 30.3 Å². The van der Waals surface area contributed by atoms with Gasteiger partial charge in [0, 0.05) is 23.6 Å². The number of benzene rings is 2. The summed E-state index contributed by atoms with van der Waals surface area (Å²) in [4.78, 5) is 42.1. The number of ether oxygens (including phenoxy) is 1. The van der Waals surface area contributed by atoms with Crippen molar-refractivity contribution in [2.45, 2.75) is 6.04 Å². The Balaban J connectivity index is 0.00000306. The van der Waals surface area contributed by atoms with Crippen LogP contribution in [0.4, 0.5) is 5.69 Å². The molecule has 0 radical (unpaired) electrons. The maximum absolute atomic E-state index is 13.0. The van der Waals surface area contributed by atoms with Crippen LogP contribution in [0.1, 0.15) is 17.2 Å². The predicted octanol–water partition coefficient (Wildman–Crippen LogP) is 3.59. The van der Waals surface area contributed by atoms with Crippen molar-refractivity contribution in [3.8, 4) is 5.75 Å². The van der Waals surface area contributed by atoms with Gasteiger partial charge in [-0.15, -0.1) is 12.4 Å². The first kappa shape index (κ1) is 23.5. The van der Waals surface area contributed by atoms with Crippen molar-refractivity contribution in [1.82, 2.24) is 4.98 Å². The van der Waals surface area contributed by atoms with Gasteiger partial charge >= 0.3 is 5.97 Å². The molecule has 8 nitrogen and oxygen atoms in total. The van der Waals surface area contributed by atoms with Crippen molar-refractivity contribution in [1.29, 1.82) is 0 Å². The van der Waals surface area contributed by atoms with E-state index >= 15 is 0 Å². The zero-order valence-electron chi connectivity index (χ0n) is 17.1. The SMILES string of the molecule is Cl.O=C(O)COc1ccc(N2C(=O)C(=O)C(=C(O)c3ccccc3)C2c2cccnc2)cc1. The summed E-state index contributed by atoms with van der Waals surface area (Å²) >= 11 is 0. The van der Waals surface area contributed by atoms with Crippen LogP contribution in [0.15, 0.2) is 84.7 Å². The van der Waals surface area contributed by atoms with Crippen molar-refractivity contribution in [2.24, 2.45) is 0 Å². The topological polar surface area (TPSA) is 117 Å². The molecule has 0 saturated carbocycles. The second-order valence-corrected chi connectivity index (χ2v) is 7.00. The van der Waals surface area contributed by atoms with E-state index in [1.807, 2.05) is 0 Å². The predicted molar refractivity (Wildman–Crippen MR) is 122 cm³/mol. The molecule has 168 valence electrons. The summed E-state index contributed by atoms with van der Waals surface area (Å²) in [5, 5.41) is 19.7. The van der Waals surface area contributed by atoms with Gasteiger partial charge in [-0.05, 0) is 35.9 Å². The first-order chi connectivity index (χ1) is 15.5. The number of halogens is 1. The number of aliphatic carboxylic acids is 1. The molecule has 0 aliphatic carbocycles. The molecule has 2 heterocycles. The van der Waals surface area contributed by atoms with Crippen molar-refractivity contribution in [3.63, 3.8) is 0 Å². The molecule has 1 aromatic heterocycles.